The van der Waals surface area contributed by atoms with Crippen LogP contribution in [0.15, 0.2) is 6.20 Å². The van der Waals surface area contributed by atoms with Gasteiger partial charge in [-0.1, -0.05) is 11.6 Å². The van der Waals surface area contributed by atoms with Gasteiger partial charge in [0.1, 0.15) is 5.15 Å². The third kappa shape index (κ3) is 2.14. The summed E-state index contributed by atoms with van der Waals surface area (Å²) in [5.74, 6) is 0. The number of alkyl halides is 2. The predicted octanol–water partition coefficient (Wildman–Crippen LogP) is 3.09. The molecule has 0 aromatic carbocycles. The van der Waals surface area contributed by atoms with E-state index in [0.29, 0.717) is 6.29 Å². The van der Waals surface area contributed by atoms with Crippen LogP contribution in [0, 0.1) is 3.57 Å². The molecule has 13 heavy (non-hydrogen) atoms. The van der Waals surface area contributed by atoms with Gasteiger partial charge in [-0.05, 0) is 22.6 Å². The molecule has 0 saturated carbocycles. The van der Waals surface area contributed by atoms with E-state index in [9.17, 15) is 13.6 Å². The number of carbonyl (C=O) groups is 1. The molecule has 0 aliphatic rings. The molecule has 0 aliphatic heterocycles. The monoisotopic (exact) mass is 317 g/mol. The Hall–Kier alpha value is -0.300. The van der Waals surface area contributed by atoms with Gasteiger partial charge >= 0.3 is 0 Å². The minimum atomic E-state index is -2.72. The summed E-state index contributed by atoms with van der Waals surface area (Å²) in [4.78, 5) is 14.0. The van der Waals surface area contributed by atoms with Gasteiger partial charge in [-0.3, -0.25) is 4.79 Å². The number of halogens is 4. The molecule has 1 heterocycles. The minimum absolute atomic E-state index is 0.189. The minimum Gasteiger partial charge on any atom is -0.298 e. The van der Waals surface area contributed by atoms with Crippen molar-refractivity contribution in [2.45, 2.75) is 6.43 Å². The normalized spacial score (nSPS) is 10.5. The summed E-state index contributed by atoms with van der Waals surface area (Å²) in [5.41, 5.74) is -0.584. The molecule has 0 spiro atoms. The van der Waals surface area contributed by atoms with E-state index in [1.165, 1.54) is 6.20 Å². The van der Waals surface area contributed by atoms with E-state index >= 15 is 0 Å². The van der Waals surface area contributed by atoms with Gasteiger partial charge in [0.2, 0.25) is 0 Å². The van der Waals surface area contributed by atoms with Gasteiger partial charge in [0, 0.05) is 15.3 Å². The number of pyridine rings is 1. The second kappa shape index (κ2) is 4.28. The number of carbonyl (C=O) groups excluding carboxylic acids is 1. The van der Waals surface area contributed by atoms with Crippen LogP contribution in [-0.2, 0) is 0 Å². The topological polar surface area (TPSA) is 30.0 Å². The molecule has 0 atom stereocenters. The first-order chi connectivity index (χ1) is 6.07. The van der Waals surface area contributed by atoms with Crippen molar-refractivity contribution in [1.82, 2.24) is 4.98 Å². The van der Waals surface area contributed by atoms with Crippen LogP contribution < -0.4 is 0 Å². The Morgan fingerprint density at radius 1 is 1.62 bits per heavy atom. The molecule has 0 radical (unpaired) electrons. The smallest absolute Gasteiger partial charge is 0.265 e. The maximum absolute atomic E-state index is 12.4. The highest BCUT2D eigenvalue weighted by atomic mass is 127. The zero-order valence-electron chi connectivity index (χ0n) is 6.10. The van der Waals surface area contributed by atoms with Gasteiger partial charge in [-0.25, -0.2) is 13.8 Å². The third-order valence-corrected chi connectivity index (χ3v) is 2.56. The van der Waals surface area contributed by atoms with E-state index < -0.39 is 6.43 Å². The highest BCUT2D eigenvalue weighted by Gasteiger charge is 2.19. The van der Waals surface area contributed by atoms with E-state index in [0.717, 1.165) is 0 Å². The van der Waals surface area contributed by atoms with Crippen LogP contribution in [-0.4, -0.2) is 11.3 Å². The van der Waals surface area contributed by atoms with Crippen LogP contribution >= 0.6 is 34.2 Å². The molecule has 6 heteroatoms. The quantitative estimate of drug-likeness (QED) is 0.477. The van der Waals surface area contributed by atoms with E-state index in [1.54, 1.807) is 22.6 Å². The Labute approximate surface area is 91.4 Å². The maximum Gasteiger partial charge on any atom is 0.265 e. The first-order valence-electron chi connectivity index (χ1n) is 3.15. The molecule has 0 fully saturated rings. The maximum atomic E-state index is 12.4. The Kier molecular flexibility index (Phi) is 3.55. The van der Waals surface area contributed by atoms with Gasteiger partial charge in [0.05, 0.1) is 5.56 Å². The molecule has 1 rings (SSSR count). The van der Waals surface area contributed by atoms with Crippen molar-refractivity contribution >= 4 is 40.5 Å². The van der Waals surface area contributed by atoms with Gasteiger partial charge in [-0.2, -0.15) is 0 Å². The summed E-state index contributed by atoms with van der Waals surface area (Å²) < 4.78 is 25.0. The number of aromatic nitrogens is 1. The van der Waals surface area contributed by atoms with Crippen molar-refractivity contribution in [2.75, 3.05) is 0 Å². The second-order valence-corrected chi connectivity index (χ2v) is 3.66. The molecule has 0 amide bonds. The summed E-state index contributed by atoms with van der Waals surface area (Å²) in [6.07, 6.45) is -1.22. The number of aldehydes is 1. The molecule has 1 aromatic heterocycles. The van der Waals surface area contributed by atoms with Gasteiger partial charge < -0.3 is 0 Å². The van der Waals surface area contributed by atoms with Crippen molar-refractivity contribution in [3.63, 3.8) is 0 Å². The lowest BCUT2D eigenvalue weighted by atomic mass is 10.1. The van der Waals surface area contributed by atoms with E-state index in [1.807, 2.05) is 0 Å². The third-order valence-electron chi connectivity index (χ3n) is 1.40. The fourth-order valence-corrected chi connectivity index (χ4v) is 1.69. The molecule has 70 valence electrons. The predicted molar refractivity (Wildman–Crippen MR) is 52.3 cm³/mol. The SMILES string of the molecule is O=Cc1c(Cl)ncc(I)c1C(F)F. The number of nitrogens with zero attached hydrogens (tertiary/aromatic N) is 1. The summed E-state index contributed by atoms with van der Waals surface area (Å²) in [7, 11) is 0. The Morgan fingerprint density at radius 3 is 2.62 bits per heavy atom. The molecular formula is C7H3ClF2INO. The molecule has 0 unspecified atom stereocenters. The van der Waals surface area contributed by atoms with Gasteiger partial charge in [0.25, 0.3) is 6.43 Å². The summed E-state index contributed by atoms with van der Waals surface area (Å²) in [6, 6.07) is 0. The van der Waals surface area contributed by atoms with Crippen molar-refractivity contribution in [3.05, 3.63) is 26.0 Å². The van der Waals surface area contributed by atoms with Crippen LogP contribution in [0.3, 0.4) is 0 Å². The Balaban J connectivity index is 3.43. The highest BCUT2D eigenvalue weighted by Crippen LogP contribution is 2.29. The van der Waals surface area contributed by atoms with Crippen LogP contribution in [0.25, 0.3) is 0 Å². The highest BCUT2D eigenvalue weighted by molar-refractivity contribution is 14.1. The van der Waals surface area contributed by atoms with Gasteiger partial charge in [-0.15, -0.1) is 0 Å². The van der Waals surface area contributed by atoms with E-state index in [2.05, 4.69) is 4.98 Å². The Bertz CT molecular complexity index is 346. The molecule has 1 aromatic rings. The average molecular weight is 317 g/mol. The number of hydrogen-bond donors (Lipinski definition) is 0. The van der Waals surface area contributed by atoms with E-state index in [-0.39, 0.29) is 19.9 Å². The summed E-state index contributed by atoms with van der Waals surface area (Å²) >= 11 is 7.15. The largest absolute Gasteiger partial charge is 0.298 e. The number of hydrogen-bond acceptors (Lipinski definition) is 2. The fraction of sp³-hybridized carbons (Fsp3) is 0.143. The van der Waals surface area contributed by atoms with Crippen LogP contribution in [0.1, 0.15) is 22.3 Å². The standard InChI is InChI=1S/C7H3ClF2INO/c8-6-3(2-13)5(7(9)10)4(11)1-12-6/h1-2,7H. The van der Waals surface area contributed by atoms with Gasteiger partial charge in [0.15, 0.2) is 6.29 Å². The first kappa shape index (κ1) is 10.8. The lowest BCUT2D eigenvalue weighted by molar-refractivity contribution is 0.110. The number of rotatable bonds is 2. The summed E-state index contributed by atoms with van der Waals surface area (Å²) in [5, 5.41) is -0.189. The lowest BCUT2D eigenvalue weighted by Gasteiger charge is -2.06. The molecule has 0 bridgehead atoms. The van der Waals surface area contributed by atoms with Crippen LogP contribution in [0.5, 0.6) is 0 Å². The van der Waals surface area contributed by atoms with E-state index in [4.69, 9.17) is 11.6 Å². The summed E-state index contributed by atoms with van der Waals surface area (Å²) in [6.45, 7) is 0. The zero-order valence-corrected chi connectivity index (χ0v) is 9.01. The van der Waals surface area contributed by atoms with Crippen molar-refractivity contribution in [1.29, 1.82) is 0 Å². The van der Waals surface area contributed by atoms with Crippen molar-refractivity contribution < 1.29 is 13.6 Å². The lowest BCUT2D eigenvalue weighted by Crippen LogP contribution is -1.99. The van der Waals surface area contributed by atoms with Crippen molar-refractivity contribution in [3.8, 4) is 0 Å². The average Bonchev–Trinajstić information content (AvgIpc) is 2.07. The molecule has 0 saturated heterocycles. The fourth-order valence-electron chi connectivity index (χ4n) is 0.826. The van der Waals surface area contributed by atoms with Crippen LogP contribution in [0.2, 0.25) is 5.15 Å². The van der Waals surface area contributed by atoms with Crippen molar-refractivity contribution in [2.24, 2.45) is 0 Å². The molecule has 0 N–H and O–H groups in total. The van der Waals surface area contributed by atoms with Crippen LogP contribution in [0.4, 0.5) is 8.78 Å². The molecule has 0 aliphatic carbocycles. The Morgan fingerprint density at radius 2 is 2.23 bits per heavy atom. The zero-order chi connectivity index (χ0) is 10.0. The molecular weight excluding hydrogens is 314 g/mol. The second-order valence-electron chi connectivity index (χ2n) is 2.14. The molecule has 2 nitrogen and oxygen atoms in total. The first-order valence-corrected chi connectivity index (χ1v) is 4.60.